The molecule has 0 aliphatic heterocycles. The van der Waals surface area contributed by atoms with Gasteiger partial charge in [-0.15, -0.1) is 0 Å². The molecule has 0 atom stereocenters. The van der Waals surface area contributed by atoms with Crippen molar-refractivity contribution in [2.45, 2.75) is 263 Å². The van der Waals surface area contributed by atoms with E-state index in [9.17, 15) is 0 Å². The molecule has 8 aromatic heterocycles. The second-order valence-corrected chi connectivity index (χ2v) is 22.4. The molecule has 126 heavy (non-hydrogen) atoms. The van der Waals surface area contributed by atoms with E-state index in [-0.39, 0.29) is 0 Å². The van der Waals surface area contributed by atoms with E-state index in [0.717, 1.165) is 34.3 Å². The minimum absolute atomic E-state index is 0.759. The average Bonchev–Trinajstić information content (AvgIpc) is 0.792. The predicted octanol–water partition coefficient (Wildman–Crippen LogP) is 33.4. The second kappa shape index (κ2) is 105. The van der Waals surface area contributed by atoms with Gasteiger partial charge in [-0.25, -0.2) is 44.9 Å². The van der Waals surface area contributed by atoms with Crippen molar-refractivity contribution in [2.75, 3.05) is 0 Å². The Morgan fingerprint density at radius 1 is 0.159 bits per heavy atom. The van der Waals surface area contributed by atoms with Crippen molar-refractivity contribution >= 4 is 43.1 Å². The van der Waals surface area contributed by atoms with E-state index in [2.05, 4.69) is 249 Å². The smallest absolute Gasteiger partial charge is 0.128 e. The first kappa shape index (κ1) is 132. The molecular weight excluding hydrogens is 1540 g/mol. The molecule has 0 saturated carbocycles. The number of fused-ring (bicyclic) bond motifs is 5. The predicted molar refractivity (Wildman–Crippen MR) is 561 cm³/mol. The van der Waals surface area contributed by atoms with Crippen LogP contribution in [0.15, 0.2) is 330 Å². The SMILES string of the molecule is CC.CC.CC.CC.CC.CC.CC.CC.CC.CC.CC.CC.CC.Cc1ccc2c(ccc3ccccc32)c1.Cc1ccc2ccccc2c1.Cc1cccc2ccccc12.Cc1ccccc1.Cc1ccccn1.Cc1cccnc1.Cc1ccncc1.Cc1ccncn1.Cc1cnccn1.Cc1cncnc1.Cc1ncccn1.Cc1ncncn1. The Bertz CT molecular complexity index is 4170. The lowest BCUT2D eigenvalue weighted by Gasteiger charge is -2.04. The molecular formula is C112H168N14. The molecule has 14 nitrogen and oxygen atoms in total. The van der Waals surface area contributed by atoms with Crippen molar-refractivity contribution in [3.8, 4) is 0 Å². The van der Waals surface area contributed by atoms with Crippen molar-refractivity contribution < 1.29 is 0 Å². The van der Waals surface area contributed by atoms with Crippen LogP contribution in [0.4, 0.5) is 0 Å². The quantitative estimate of drug-likeness (QED) is 0.131. The van der Waals surface area contributed by atoms with E-state index in [1.54, 1.807) is 80.4 Å². The molecule has 16 aromatic rings. The molecule has 0 saturated heterocycles. The van der Waals surface area contributed by atoms with Crippen LogP contribution in [0.5, 0.6) is 0 Å². The largest absolute Gasteiger partial charge is 0.265 e. The van der Waals surface area contributed by atoms with Gasteiger partial charge in [0, 0.05) is 91.9 Å². The first-order valence-electron chi connectivity index (χ1n) is 45.5. The third-order valence-electron chi connectivity index (χ3n) is 13.7. The fourth-order valence-electron chi connectivity index (χ4n) is 8.46. The summed E-state index contributed by atoms with van der Waals surface area (Å²) >= 11 is 0. The summed E-state index contributed by atoms with van der Waals surface area (Å²) in [6.45, 7) is 76.0. The highest BCUT2D eigenvalue weighted by Crippen LogP contribution is 2.26. The summed E-state index contributed by atoms with van der Waals surface area (Å²) in [5.41, 5.74) is 11.9. The summed E-state index contributed by atoms with van der Waals surface area (Å²) in [4.78, 5) is 53.5. The van der Waals surface area contributed by atoms with Crippen LogP contribution in [0.1, 0.15) is 248 Å². The zero-order chi connectivity index (χ0) is 97.6. The summed E-state index contributed by atoms with van der Waals surface area (Å²) in [6, 6.07) is 77.0. The molecule has 8 heterocycles. The monoisotopic (exact) mass is 1710 g/mol. The van der Waals surface area contributed by atoms with Gasteiger partial charge in [0.25, 0.3) is 0 Å². The number of hydrogen-bond acceptors (Lipinski definition) is 14. The first-order chi connectivity index (χ1) is 61.6. The molecule has 686 valence electrons. The van der Waals surface area contributed by atoms with Crippen molar-refractivity contribution in [3.05, 3.63) is 398 Å². The van der Waals surface area contributed by atoms with Crippen LogP contribution in [0.2, 0.25) is 0 Å². The van der Waals surface area contributed by atoms with E-state index in [4.69, 9.17) is 0 Å². The van der Waals surface area contributed by atoms with Crippen LogP contribution in [0, 0.1) is 83.1 Å². The maximum atomic E-state index is 3.98. The van der Waals surface area contributed by atoms with Gasteiger partial charge in [0.2, 0.25) is 0 Å². The lowest BCUT2D eigenvalue weighted by Crippen LogP contribution is -1.84. The van der Waals surface area contributed by atoms with Crippen LogP contribution in [0.3, 0.4) is 0 Å². The average molecular weight is 1710 g/mol. The third kappa shape index (κ3) is 76.5. The third-order valence-corrected chi connectivity index (χ3v) is 13.7. The summed E-state index contributed by atoms with van der Waals surface area (Å²) in [5, 5.41) is 10.7. The minimum Gasteiger partial charge on any atom is -0.265 e. The normalized spacial score (nSPS) is 8.08. The lowest BCUT2D eigenvalue weighted by molar-refractivity contribution is 0.974. The number of benzene rings is 8. The summed E-state index contributed by atoms with van der Waals surface area (Å²) in [6.07, 6.45) is 28.7. The van der Waals surface area contributed by atoms with Crippen molar-refractivity contribution in [1.29, 1.82) is 0 Å². The Morgan fingerprint density at radius 3 is 0.905 bits per heavy atom. The van der Waals surface area contributed by atoms with Gasteiger partial charge in [0.05, 0.1) is 5.69 Å². The van der Waals surface area contributed by atoms with Crippen LogP contribution in [-0.2, 0) is 0 Å². The number of nitrogens with zero attached hydrogens (tertiary/aromatic N) is 14. The first-order valence-corrected chi connectivity index (χ1v) is 45.5. The van der Waals surface area contributed by atoms with Crippen LogP contribution in [0.25, 0.3) is 43.1 Å². The molecule has 0 N–H and O–H groups in total. The Morgan fingerprint density at radius 2 is 0.548 bits per heavy atom. The van der Waals surface area contributed by atoms with E-state index in [1.807, 2.05) is 308 Å². The van der Waals surface area contributed by atoms with Gasteiger partial charge in [0.15, 0.2) is 0 Å². The number of rotatable bonds is 0. The molecule has 0 radical (unpaired) electrons. The summed E-state index contributed by atoms with van der Waals surface area (Å²) < 4.78 is 0. The van der Waals surface area contributed by atoms with Gasteiger partial charge < -0.3 is 0 Å². The van der Waals surface area contributed by atoms with Gasteiger partial charge in [-0.3, -0.25) is 24.9 Å². The number of aromatic nitrogens is 14. The van der Waals surface area contributed by atoms with Gasteiger partial charge in [-0.2, -0.15) is 0 Å². The molecule has 16 rings (SSSR count). The molecule has 0 aliphatic carbocycles. The Labute approximate surface area is 769 Å². The molecule has 0 amide bonds. The van der Waals surface area contributed by atoms with Gasteiger partial charge in [0.1, 0.15) is 37.0 Å². The molecule has 0 bridgehead atoms. The number of hydrogen-bond donors (Lipinski definition) is 0. The van der Waals surface area contributed by atoms with Crippen LogP contribution in [-0.4, -0.2) is 69.8 Å². The zero-order valence-corrected chi connectivity index (χ0v) is 85.4. The van der Waals surface area contributed by atoms with E-state index >= 15 is 0 Å². The Balaban J connectivity index is -0.000000166. The molecule has 0 aliphatic rings. The molecule has 0 spiro atoms. The topological polar surface area (TPSA) is 180 Å². The van der Waals surface area contributed by atoms with E-state index < -0.39 is 0 Å². The molecule has 8 aromatic carbocycles. The molecule has 0 unspecified atom stereocenters. The van der Waals surface area contributed by atoms with Gasteiger partial charge in [-0.1, -0.05) is 379 Å². The summed E-state index contributed by atoms with van der Waals surface area (Å²) in [5.74, 6) is 1.58. The number of pyridine rings is 3. The van der Waals surface area contributed by atoms with Crippen molar-refractivity contribution in [3.63, 3.8) is 0 Å². The maximum absolute atomic E-state index is 3.98. The number of aryl methyl sites for hydroxylation is 12. The van der Waals surface area contributed by atoms with Crippen molar-refractivity contribution in [1.82, 2.24) is 69.8 Å². The lowest BCUT2D eigenvalue weighted by atomic mass is 10.0. The molecule has 0 fully saturated rings. The second-order valence-electron chi connectivity index (χ2n) is 22.4. The fraction of sp³-hybridized carbons (Fsp3) is 0.339. The Kier molecular flexibility index (Phi) is 110. The van der Waals surface area contributed by atoms with Gasteiger partial charge in [-0.05, 0) is 191 Å². The standard InChI is InChI=1S/C15H12.2C11H10.C7H8.3C6H7N.4C5H6N2.C4H5N3.13C2H6/c1-11-6-9-15-13(10-11)8-7-12-4-2-3-5-14(12)15;1-9-5-4-7-10-6-2-3-8-11(9)10;1-9-6-7-10-4-2-3-5-11(10)8-9;1-7-5-3-2-4-6-7;1-6-2-4-7-5-3-6;1-6-3-2-4-7-5-6;1-6-4-2-3-5-7-6;1-5-2-6-4-7-3-5;1-5-4-6-2-3-7-5;1-5-2-3-6-4-7-5;1-5-6-3-2-4-7-5;1-4-6-2-5-3-7-4;13*1-2/h2-10H,1H3;2*2-8H,1H3;2-6H,1H3;3*2-5H,1H3;4*2-4H,1H3;2-3H,1H3;13*1-2H3. The maximum Gasteiger partial charge on any atom is 0.128 e. The summed E-state index contributed by atoms with van der Waals surface area (Å²) in [7, 11) is 0. The van der Waals surface area contributed by atoms with Gasteiger partial charge >= 0.3 is 0 Å². The highest BCUT2D eigenvalue weighted by Gasteiger charge is 2.00. The Hall–Kier alpha value is -12.4. The highest BCUT2D eigenvalue weighted by atomic mass is 15.0. The van der Waals surface area contributed by atoms with E-state index in [1.165, 1.54) is 102 Å². The highest BCUT2D eigenvalue weighted by molar-refractivity contribution is 6.07. The van der Waals surface area contributed by atoms with Crippen LogP contribution < -0.4 is 0 Å². The molecule has 14 heteroatoms. The van der Waals surface area contributed by atoms with Crippen LogP contribution >= 0.6 is 0 Å². The van der Waals surface area contributed by atoms with Crippen molar-refractivity contribution in [2.24, 2.45) is 0 Å². The minimum atomic E-state index is 0.759. The zero-order valence-electron chi connectivity index (χ0n) is 85.4. The fourth-order valence-corrected chi connectivity index (χ4v) is 8.46. The van der Waals surface area contributed by atoms with E-state index in [0.29, 0.717) is 0 Å².